The van der Waals surface area contributed by atoms with Crippen LogP contribution in [-0.4, -0.2) is 17.0 Å². The van der Waals surface area contributed by atoms with Gasteiger partial charge in [-0.1, -0.05) is 6.07 Å². The molecule has 0 saturated heterocycles. The lowest BCUT2D eigenvalue weighted by molar-refractivity contribution is 0.875. The monoisotopic (exact) mass is 230 g/mol. The molecule has 0 atom stereocenters. The van der Waals surface area contributed by atoms with Crippen LogP contribution in [0.25, 0.3) is 0 Å². The summed E-state index contributed by atoms with van der Waals surface area (Å²) >= 11 is 1.69. The molecule has 0 fully saturated rings. The highest BCUT2D eigenvalue weighted by atomic mass is 32.1. The molecule has 2 aromatic heterocycles. The lowest BCUT2D eigenvalue weighted by atomic mass is 10.4. The first kappa shape index (κ1) is 10.6. The molecule has 0 aromatic carbocycles. The minimum atomic E-state index is 0.392. The van der Waals surface area contributed by atoms with Gasteiger partial charge in [0.05, 0.1) is 6.54 Å². The highest BCUT2D eigenvalue weighted by Crippen LogP contribution is 2.14. The summed E-state index contributed by atoms with van der Waals surface area (Å²) in [5.74, 6) is 0.576. The van der Waals surface area contributed by atoms with Crippen LogP contribution in [0, 0.1) is 11.3 Å². The lowest BCUT2D eigenvalue weighted by Gasteiger charge is -2.15. The molecule has 0 unspecified atom stereocenters. The summed E-state index contributed by atoms with van der Waals surface area (Å²) in [6.45, 7) is 0.756. The summed E-state index contributed by atoms with van der Waals surface area (Å²) in [5, 5.41) is 10.8. The van der Waals surface area contributed by atoms with Crippen LogP contribution in [0.1, 0.15) is 10.6 Å². The molecule has 2 rings (SSSR count). The van der Waals surface area contributed by atoms with Crippen molar-refractivity contribution >= 4 is 17.3 Å². The number of hydrogen-bond acceptors (Lipinski definition) is 5. The van der Waals surface area contributed by atoms with Gasteiger partial charge >= 0.3 is 0 Å². The Hall–Kier alpha value is -1.93. The minimum absolute atomic E-state index is 0.392. The van der Waals surface area contributed by atoms with Crippen molar-refractivity contribution in [1.29, 1.82) is 5.26 Å². The highest BCUT2D eigenvalue weighted by molar-refractivity contribution is 7.09. The van der Waals surface area contributed by atoms with E-state index in [1.165, 1.54) is 4.88 Å². The fourth-order valence-electron chi connectivity index (χ4n) is 1.30. The summed E-state index contributed by atoms with van der Waals surface area (Å²) in [5.41, 5.74) is 0.392. The van der Waals surface area contributed by atoms with E-state index in [1.54, 1.807) is 23.6 Å². The van der Waals surface area contributed by atoms with Gasteiger partial charge in [-0.15, -0.1) is 11.3 Å². The maximum atomic E-state index is 8.74. The third-order valence-electron chi connectivity index (χ3n) is 2.07. The van der Waals surface area contributed by atoms with Gasteiger partial charge in [-0.25, -0.2) is 9.97 Å². The maximum absolute atomic E-state index is 8.74. The smallest absolute Gasteiger partial charge is 0.226 e. The normalized spacial score (nSPS) is 9.75. The predicted octanol–water partition coefficient (Wildman–Crippen LogP) is 2.05. The number of rotatable bonds is 3. The molecule has 0 aliphatic carbocycles. The van der Waals surface area contributed by atoms with Gasteiger partial charge in [0, 0.05) is 18.1 Å². The van der Waals surface area contributed by atoms with Gasteiger partial charge in [0.25, 0.3) is 0 Å². The molecule has 0 aliphatic heterocycles. The first-order valence-electron chi connectivity index (χ1n) is 4.76. The van der Waals surface area contributed by atoms with Crippen molar-refractivity contribution in [2.45, 2.75) is 6.54 Å². The van der Waals surface area contributed by atoms with Crippen LogP contribution in [-0.2, 0) is 6.54 Å². The van der Waals surface area contributed by atoms with Crippen molar-refractivity contribution in [2.75, 3.05) is 11.9 Å². The first-order valence-corrected chi connectivity index (χ1v) is 5.64. The van der Waals surface area contributed by atoms with Crippen LogP contribution >= 0.6 is 11.3 Å². The van der Waals surface area contributed by atoms with E-state index in [1.807, 2.05) is 29.5 Å². The Bertz CT molecular complexity index is 501. The first-order chi connectivity index (χ1) is 7.79. The summed E-state index contributed by atoms with van der Waals surface area (Å²) in [7, 11) is 1.91. The van der Waals surface area contributed by atoms with Gasteiger partial charge in [0.2, 0.25) is 5.95 Å². The third kappa shape index (κ3) is 2.35. The zero-order valence-corrected chi connectivity index (χ0v) is 9.61. The standard InChI is InChI=1S/C11H10N4S/c1-15(8-10-3-2-6-16-10)11-13-5-4-9(7-12)14-11/h2-6H,8H2,1H3. The molecule has 0 aliphatic rings. The SMILES string of the molecule is CN(Cc1cccs1)c1nccc(C#N)n1. The van der Waals surface area contributed by atoms with Gasteiger partial charge in [0.1, 0.15) is 11.8 Å². The minimum Gasteiger partial charge on any atom is -0.339 e. The molecule has 16 heavy (non-hydrogen) atoms. The van der Waals surface area contributed by atoms with Gasteiger partial charge in [-0.05, 0) is 17.5 Å². The Morgan fingerprint density at radius 2 is 2.38 bits per heavy atom. The van der Waals surface area contributed by atoms with Gasteiger partial charge in [-0.3, -0.25) is 0 Å². The summed E-state index contributed by atoms with van der Waals surface area (Å²) < 4.78 is 0. The zero-order chi connectivity index (χ0) is 11.4. The Kier molecular flexibility index (Phi) is 3.13. The topological polar surface area (TPSA) is 52.8 Å². The number of hydrogen-bond donors (Lipinski definition) is 0. The Labute approximate surface area is 97.8 Å². The molecule has 2 aromatic rings. The van der Waals surface area contributed by atoms with Crippen molar-refractivity contribution in [1.82, 2.24) is 9.97 Å². The van der Waals surface area contributed by atoms with Gasteiger partial charge in [0.15, 0.2) is 0 Å². The second-order valence-corrected chi connectivity index (χ2v) is 4.32. The van der Waals surface area contributed by atoms with Crippen molar-refractivity contribution in [3.05, 3.63) is 40.3 Å². The van der Waals surface area contributed by atoms with E-state index < -0.39 is 0 Å². The number of thiophene rings is 1. The van der Waals surface area contributed by atoms with Crippen molar-refractivity contribution in [3.8, 4) is 6.07 Å². The van der Waals surface area contributed by atoms with Crippen LogP contribution in [0.15, 0.2) is 29.8 Å². The quantitative estimate of drug-likeness (QED) is 0.809. The predicted molar refractivity (Wildman–Crippen MR) is 63.2 cm³/mol. The Morgan fingerprint density at radius 3 is 3.06 bits per heavy atom. The molecular formula is C11H10N4S. The molecule has 4 nitrogen and oxygen atoms in total. The molecule has 0 bridgehead atoms. The van der Waals surface area contributed by atoms with E-state index in [4.69, 9.17) is 5.26 Å². The fourth-order valence-corrected chi connectivity index (χ4v) is 2.06. The molecule has 0 saturated carbocycles. The van der Waals surface area contributed by atoms with E-state index in [9.17, 15) is 0 Å². The molecule has 0 radical (unpaired) electrons. The number of nitriles is 1. The molecular weight excluding hydrogens is 220 g/mol. The van der Waals surface area contributed by atoms with Crippen LogP contribution in [0.3, 0.4) is 0 Å². The van der Waals surface area contributed by atoms with E-state index in [-0.39, 0.29) is 0 Å². The van der Waals surface area contributed by atoms with Crippen molar-refractivity contribution in [3.63, 3.8) is 0 Å². The van der Waals surface area contributed by atoms with E-state index >= 15 is 0 Å². The molecule has 80 valence electrons. The number of anilines is 1. The van der Waals surface area contributed by atoms with E-state index in [0.29, 0.717) is 11.6 Å². The van der Waals surface area contributed by atoms with Crippen LogP contribution < -0.4 is 4.90 Å². The van der Waals surface area contributed by atoms with Gasteiger partial charge < -0.3 is 4.90 Å². The Morgan fingerprint density at radius 1 is 1.50 bits per heavy atom. The molecule has 0 spiro atoms. The Balaban J connectivity index is 2.15. The van der Waals surface area contributed by atoms with Crippen molar-refractivity contribution in [2.24, 2.45) is 0 Å². The van der Waals surface area contributed by atoms with E-state index in [2.05, 4.69) is 16.0 Å². The molecule has 2 heterocycles. The zero-order valence-electron chi connectivity index (χ0n) is 8.79. The van der Waals surface area contributed by atoms with Crippen LogP contribution in [0.2, 0.25) is 0 Å². The van der Waals surface area contributed by atoms with Crippen LogP contribution in [0.5, 0.6) is 0 Å². The summed E-state index contributed by atoms with van der Waals surface area (Å²) in [4.78, 5) is 11.4. The lowest BCUT2D eigenvalue weighted by Crippen LogP contribution is -2.18. The van der Waals surface area contributed by atoms with Crippen LogP contribution in [0.4, 0.5) is 5.95 Å². The average Bonchev–Trinajstić information content (AvgIpc) is 2.82. The highest BCUT2D eigenvalue weighted by Gasteiger charge is 2.06. The second-order valence-electron chi connectivity index (χ2n) is 3.29. The molecule has 5 heteroatoms. The van der Waals surface area contributed by atoms with Crippen molar-refractivity contribution < 1.29 is 0 Å². The fraction of sp³-hybridized carbons (Fsp3) is 0.182. The summed E-state index contributed by atoms with van der Waals surface area (Å²) in [6.07, 6.45) is 1.60. The maximum Gasteiger partial charge on any atom is 0.226 e. The van der Waals surface area contributed by atoms with Gasteiger partial charge in [-0.2, -0.15) is 5.26 Å². The molecule has 0 amide bonds. The summed E-state index contributed by atoms with van der Waals surface area (Å²) in [6, 6.07) is 7.68. The number of aromatic nitrogens is 2. The second kappa shape index (κ2) is 4.73. The van der Waals surface area contributed by atoms with E-state index in [0.717, 1.165) is 6.54 Å². The number of nitrogens with zero attached hydrogens (tertiary/aromatic N) is 4. The molecule has 0 N–H and O–H groups in total. The third-order valence-corrected chi connectivity index (χ3v) is 2.93. The average molecular weight is 230 g/mol. The largest absolute Gasteiger partial charge is 0.339 e.